The minimum absolute atomic E-state index is 0.360. The molecule has 0 spiro atoms. The minimum Gasteiger partial charge on any atom is -0.480 e. The number of carboxylic acid groups (broad SMARTS) is 1. The van der Waals surface area contributed by atoms with Crippen LogP contribution in [0.3, 0.4) is 0 Å². The number of hydrogen-bond acceptors (Lipinski definition) is 2. The summed E-state index contributed by atoms with van der Waals surface area (Å²) in [7, 11) is 0. The first-order valence-electron chi connectivity index (χ1n) is 5.74. The Morgan fingerprint density at radius 3 is 2.41 bits per heavy atom. The van der Waals surface area contributed by atoms with E-state index in [4.69, 9.17) is 0 Å². The molecule has 0 saturated carbocycles. The van der Waals surface area contributed by atoms with Gasteiger partial charge in [0.25, 0.3) is 0 Å². The van der Waals surface area contributed by atoms with E-state index in [1.165, 1.54) is 6.07 Å². The van der Waals surface area contributed by atoms with Crippen molar-refractivity contribution in [2.45, 2.75) is 26.8 Å². The fourth-order valence-corrected chi connectivity index (χ4v) is 1.88. The fraction of sp³-hybridized carbons (Fsp3) is 0.462. The van der Waals surface area contributed by atoms with Crippen molar-refractivity contribution in [2.75, 3.05) is 13.1 Å². The molecule has 1 rings (SSSR count). The zero-order valence-electron chi connectivity index (χ0n) is 10.4. The van der Waals surface area contributed by atoms with E-state index in [1.54, 1.807) is 24.0 Å². The Hall–Kier alpha value is -1.42. The van der Waals surface area contributed by atoms with Crippen LogP contribution < -0.4 is 0 Å². The summed E-state index contributed by atoms with van der Waals surface area (Å²) in [6.07, 6.45) is 0. The van der Waals surface area contributed by atoms with Crippen LogP contribution in [0.2, 0.25) is 0 Å². The summed E-state index contributed by atoms with van der Waals surface area (Å²) in [6, 6.07) is 3.83. The van der Waals surface area contributed by atoms with Gasteiger partial charge in [0.1, 0.15) is 11.9 Å². The third kappa shape index (κ3) is 3.03. The topological polar surface area (TPSA) is 40.5 Å². The molecule has 0 saturated heterocycles. The third-order valence-electron chi connectivity index (χ3n) is 2.92. The molecule has 1 N–H and O–H groups in total. The fourth-order valence-electron chi connectivity index (χ4n) is 1.88. The Labute approximate surface area is 101 Å². The second-order valence-corrected chi connectivity index (χ2v) is 3.97. The van der Waals surface area contributed by atoms with E-state index in [-0.39, 0.29) is 5.82 Å². The van der Waals surface area contributed by atoms with Crippen molar-refractivity contribution in [1.82, 2.24) is 4.90 Å². The lowest BCUT2D eigenvalue weighted by atomic mass is 10.0. The van der Waals surface area contributed by atoms with E-state index < -0.39 is 12.0 Å². The van der Waals surface area contributed by atoms with Gasteiger partial charge < -0.3 is 5.11 Å². The molecule has 94 valence electrons. The number of aliphatic carboxylic acids is 1. The van der Waals surface area contributed by atoms with Gasteiger partial charge in [-0.3, -0.25) is 9.69 Å². The van der Waals surface area contributed by atoms with Crippen molar-refractivity contribution in [1.29, 1.82) is 0 Å². The first-order chi connectivity index (χ1) is 8.01. The van der Waals surface area contributed by atoms with Crippen LogP contribution in [0.25, 0.3) is 0 Å². The van der Waals surface area contributed by atoms with Crippen molar-refractivity contribution in [2.24, 2.45) is 0 Å². The number of nitrogens with zero attached hydrogens (tertiary/aromatic N) is 1. The van der Waals surface area contributed by atoms with Gasteiger partial charge in [-0.2, -0.15) is 0 Å². The van der Waals surface area contributed by atoms with E-state index in [0.29, 0.717) is 24.2 Å². The summed E-state index contributed by atoms with van der Waals surface area (Å²) >= 11 is 0. The second kappa shape index (κ2) is 5.77. The molecule has 0 amide bonds. The zero-order valence-corrected chi connectivity index (χ0v) is 10.4. The maximum Gasteiger partial charge on any atom is 0.325 e. The molecule has 0 heterocycles. The zero-order chi connectivity index (χ0) is 13.0. The smallest absolute Gasteiger partial charge is 0.325 e. The highest BCUT2D eigenvalue weighted by Crippen LogP contribution is 2.22. The highest BCUT2D eigenvalue weighted by Gasteiger charge is 2.25. The van der Waals surface area contributed by atoms with Gasteiger partial charge in [0.2, 0.25) is 0 Å². The van der Waals surface area contributed by atoms with Gasteiger partial charge >= 0.3 is 5.97 Å². The summed E-state index contributed by atoms with van der Waals surface area (Å²) in [5.41, 5.74) is 1.02. The molecule has 0 aliphatic rings. The van der Waals surface area contributed by atoms with E-state index >= 15 is 0 Å². The summed E-state index contributed by atoms with van der Waals surface area (Å²) in [6.45, 7) is 6.67. The minimum atomic E-state index is -0.947. The molecule has 3 nitrogen and oxygen atoms in total. The largest absolute Gasteiger partial charge is 0.480 e. The summed E-state index contributed by atoms with van der Waals surface area (Å²) < 4.78 is 13.5. The van der Waals surface area contributed by atoms with Crippen LogP contribution in [0.15, 0.2) is 18.2 Å². The molecule has 4 heteroatoms. The Kier molecular flexibility index (Phi) is 4.63. The van der Waals surface area contributed by atoms with Crippen molar-refractivity contribution < 1.29 is 14.3 Å². The van der Waals surface area contributed by atoms with Crippen LogP contribution in [0.5, 0.6) is 0 Å². The van der Waals surface area contributed by atoms with Gasteiger partial charge in [-0.25, -0.2) is 4.39 Å². The summed E-state index contributed by atoms with van der Waals surface area (Å²) in [4.78, 5) is 13.1. The molecule has 0 aromatic heterocycles. The van der Waals surface area contributed by atoms with Crippen molar-refractivity contribution in [3.63, 3.8) is 0 Å². The van der Waals surface area contributed by atoms with Gasteiger partial charge in [-0.1, -0.05) is 26.0 Å². The summed E-state index contributed by atoms with van der Waals surface area (Å²) in [5.74, 6) is -1.31. The first-order valence-corrected chi connectivity index (χ1v) is 5.74. The van der Waals surface area contributed by atoms with Crippen molar-refractivity contribution in [3.8, 4) is 0 Å². The number of halogens is 1. The molecule has 1 unspecified atom stereocenters. The van der Waals surface area contributed by atoms with Gasteiger partial charge in [0.05, 0.1) is 0 Å². The number of likely N-dealkylation sites (N-methyl/N-ethyl adjacent to an activating group) is 1. The van der Waals surface area contributed by atoms with Gasteiger partial charge in [0, 0.05) is 0 Å². The number of aryl methyl sites for hydroxylation is 1. The van der Waals surface area contributed by atoms with Gasteiger partial charge in [-0.15, -0.1) is 0 Å². The van der Waals surface area contributed by atoms with E-state index in [2.05, 4.69) is 0 Å². The highest BCUT2D eigenvalue weighted by atomic mass is 19.1. The lowest BCUT2D eigenvalue weighted by Gasteiger charge is -2.26. The Balaban J connectivity index is 3.13. The van der Waals surface area contributed by atoms with Crippen LogP contribution in [0.1, 0.15) is 31.0 Å². The number of rotatable bonds is 5. The standard InChI is InChI=1S/C13H18FNO2/c1-4-15(5-2)12(13(16)17)10-7-6-9(3)11(14)8-10/h6-8,12H,4-5H2,1-3H3,(H,16,17). The first kappa shape index (κ1) is 13.6. The predicted molar refractivity (Wildman–Crippen MR) is 64.4 cm³/mol. The van der Waals surface area contributed by atoms with Crippen LogP contribution in [0.4, 0.5) is 4.39 Å². The quantitative estimate of drug-likeness (QED) is 0.858. The molecule has 1 aromatic carbocycles. The molecule has 17 heavy (non-hydrogen) atoms. The predicted octanol–water partition coefficient (Wildman–Crippen LogP) is 2.60. The molecule has 1 aromatic rings. The van der Waals surface area contributed by atoms with Crippen LogP contribution in [-0.4, -0.2) is 29.1 Å². The third-order valence-corrected chi connectivity index (χ3v) is 2.92. The van der Waals surface area contributed by atoms with Crippen molar-refractivity contribution in [3.05, 3.63) is 35.1 Å². The van der Waals surface area contributed by atoms with Gasteiger partial charge in [0.15, 0.2) is 0 Å². The lowest BCUT2D eigenvalue weighted by Crippen LogP contribution is -2.33. The van der Waals surface area contributed by atoms with E-state index in [1.807, 2.05) is 13.8 Å². The molecule has 1 atom stereocenters. The SMILES string of the molecule is CCN(CC)C(C(=O)O)c1ccc(C)c(F)c1. The van der Waals surface area contributed by atoms with E-state index in [9.17, 15) is 14.3 Å². The Bertz CT molecular complexity index is 402. The molecular weight excluding hydrogens is 221 g/mol. The normalized spacial score (nSPS) is 12.8. The maximum atomic E-state index is 13.5. The number of carbonyl (C=O) groups is 1. The van der Waals surface area contributed by atoms with Crippen LogP contribution in [-0.2, 0) is 4.79 Å². The monoisotopic (exact) mass is 239 g/mol. The maximum absolute atomic E-state index is 13.5. The van der Waals surface area contributed by atoms with Crippen LogP contribution in [0, 0.1) is 12.7 Å². The molecule has 0 fully saturated rings. The Morgan fingerprint density at radius 1 is 1.41 bits per heavy atom. The van der Waals surface area contributed by atoms with Crippen LogP contribution >= 0.6 is 0 Å². The Morgan fingerprint density at radius 2 is 2.00 bits per heavy atom. The lowest BCUT2D eigenvalue weighted by molar-refractivity contribution is -0.143. The number of carboxylic acids is 1. The average Bonchev–Trinajstić information content (AvgIpc) is 2.29. The van der Waals surface area contributed by atoms with Crippen molar-refractivity contribution >= 4 is 5.97 Å². The molecule has 0 aliphatic carbocycles. The van der Waals surface area contributed by atoms with Gasteiger partial charge in [-0.05, 0) is 37.2 Å². The van der Waals surface area contributed by atoms with E-state index in [0.717, 1.165) is 0 Å². The second-order valence-electron chi connectivity index (χ2n) is 3.97. The summed E-state index contributed by atoms with van der Waals surface area (Å²) in [5, 5.41) is 9.26. The molecular formula is C13H18FNO2. The molecule has 0 radical (unpaired) electrons. The number of hydrogen-bond donors (Lipinski definition) is 1. The number of benzene rings is 1. The molecule has 0 bridgehead atoms. The highest BCUT2D eigenvalue weighted by molar-refractivity contribution is 5.75. The molecule has 0 aliphatic heterocycles. The average molecular weight is 239 g/mol.